The molecule has 0 aromatic heterocycles. The van der Waals surface area contributed by atoms with Crippen LogP contribution in [0.2, 0.25) is 5.02 Å². The number of rotatable bonds is 4. The molecule has 0 spiro atoms. The number of nitrogens with zero attached hydrogens (tertiary/aromatic N) is 1. The van der Waals surface area contributed by atoms with E-state index in [0.717, 1.165) is 6.07 Å². The van der Waals surface area contributed by atoms with Crippen LogP contribution in [0.15, 0.2) is 18.2 Å². The van der Waals surface area contributed by atoms with Crippen molar-refractivity contribution in [1.82, 2.24) is 0 Å². The van der Waals surface area contributed by atoms with E-state index in [1.54, 1.807) is 0 Å². The zero-order chi connectivity index (χ0) is 12.1. The molecule has 7 heteroatoms. The summed E-state index contributed by atoms with van der Waals surface area (Å²) in [5.41, 5.74) is -0.242. The number of hydrogen-bond acceptors (Lipinski definition) is 5. The van der Waals surface area contributed by atoms with E-state index >= 15 is 0 Å². The molecule has 0 saturated heterocycles. The maximum Gasteiger partial charge on any atom is 0.337 e. The fourth-order valence-corrected chi connectivity index (χ4v) is 1.22. The van der Waals surface area contributed by atoms with E-state index < -0.39 is 10.9 Å². The number of nitro benzene ring substituents is 1. The van der Waals surface area contributed by atoms with Crippen molar-refractivity contribution in [3.63, 3.8) is 0 Å². The Kier molecular flexibility index (Phi) is 4.21. The molecule has 0 unspecified atom stereocenters. The normalized spacial score (nSPS) is 9.88. The Bertz CT molecular complexity index is 420. The number of carbonyl (C=O) groups is 1. The first-order chi connectivity index (χ1) is 7.54. The van der Waals surface area contributed by atoms with Gasteiger partial charge >= 0.3 is 5.97 Å². The van der Waals surface area contributed by atoms with Crippen LogP contribution < -0.4 is 4.74 Å². The summed E-state index contributed by atoms with van der Waals surface area (Å²) in [4.78, 5) is 20.8. The molecule has 0 fully saturated rings. The lowest BCUT2D eigenvalue weighted by Crippen LogP contribution is -2.14. The highest BCUT2D eigenvalue weighted by Crippen LogP contribution is 2.28. The quantitative estimate of drug-likeness (QED) is 0.350. The zero-order valence-electron chi connectivity index (χ0n) is 8.31. The third-order valence-electron chi connectivity index (χ3n) is 1.61. The lowest BCUT2D eigenvalue weighted by atomic mass is 10.3. The van der Waals surface area contributed by atoms with Gasteiger partial charge in [-0.3, -0.25) is 10.1 Å². The van der Waals surface area contributed by atoms with Crippen LogP contribution in [0.1, 0.15) is 0 Å². The fourth-order valence-electron chi connectivity index (χ4n) is 0.978. The summed E-state index contributed by atoms with van der Waals surface area (Å²) in [5, 5.41) is 10.4. The number of carbonyl (C=O) groups excluding carboxylic acids is 1. The minimum absolute atomic E-state index is 0.0901. The second kappa shape index (κ2) is 5.43. The van der Waals surface area contributed by atoms with Crippen molar-refractivity contribution >= 4 is 23.3 Å². The van der Waals surface area contributed by atoms with E-state index in [-0.39, 0.29) is 23.1 Å². The summed E-state index contributed by atoms with van der Waals surface area (Å²) >= 11 is 5.62. The first-order valence-corrected chi connectivity index (χ1v) is 4.56. The Morgan fingerprint density at radius 3 is 2.75 bits per heavy atom. The molecule has 1 aromatic carbocycles. The van der Waals surface area contributed by atoms with Crippen LogP contribution in [0, 0.1) is 10.1 Å². The number of halogens is 1. The Hall–Kier alpha value is -1.66. The van der Waals surface area contributed by atoms with Crippen LogP contribution in [0.3, 0.4) is 0 Å². The van der Waals surface area contributed by atoms with Gasteiger partial charge in [0.15, 0.2) is 0 Å². The van der Waals surface area contributed by atoms with Gasteiger partial charge in [0.25, 0.3) is 5.69 Å². The monoisotopic (exact) mass is 245 g/mol. The highest BCUT2D eigenvalue weighted by Gasteiger charge is 2.13. The average Bonchev–Trinajstić information content (AvgIpc) is 2.17. The molecular formula is C9H8ClNO5. The molecule has 0 saturated carbocycles. The van der Waals surface area contributed by atoms with Gasteiger partial charge in [0.2, 0.25) is 0 Å². The molecule has 6 nitrogen and oxygen atoms in total. The van der Waals surface area contributed by atoms with Gasteiger partial charge in [0, 0.05) is 19.2 Å². The topological polar surface area (TPSA) is 78.7 Å². The smallest absolute Gasteiger partial charge is 0.337 e. The third-order valence-corrected chi connectivity index (χ3v) is 1.91. The van der Waals surface area contributed by atoms with Gasteiger partial charge in [-0.25, -0.2) is 4.79 Å². The van der Waals surface area contributed by atoms with Crippen molar-refractivity contribution in [2.45, 2.75) is 0 Å². The van der Waals surface area contributed by atoms with Crippen molar-refractivity contribution in [3.05, 3.63) is 33.3 Å². The van der Waals surface area contributed by atoms with Gasteiger partial charge in [-0.15, -0.1) is 0 Å². The molecule has 1 rings (SSSR count). The number of hydrogen-bond donors (Lipinski definition) is 0. The van der Waals surface area contributed by atoms with Crippen molar-refractivity contribution in [2.24, 2.45) is 0 Å². The lowest BCUT2D eigenvalue weighted by molar-refractivity contribution is -0.384. The molecule has 1 aromatic rings. The van der Waals surface area contributed by atoms with Crippen LogP contribution in [-0.2, 0) is 9.53 Å². The molecule has 0 aliphatic carbocycles. The van der Waals surface area contributed by atoms with Crippen molar-refractivity contribution in [2.75, 3.05) is 13.7 Å². The highest BCUT2D eigenvalue weighted by atomic mass is 35.5. The molecule has 0 aliphatic heterocycles. The fraction of sp³-hybridized carbons (Fsp3) is 0.222. The van der Waals surface area contributed by atoms with Gasteiger partial charge in [-0.1, -0.05) is 11.6 Å². The molecule has 0 radical (unpaired) electrons. The number of ether oxygens (including phenoxy) is 2. The van der Waals surface area contributed by atoms with E-state index in [1.165, 1.54) is 19.2 Å². The summed E-state index contributed by atoms with van der Waals surface area (Å²) in [6.07, 6.45) is 0. The summed E-state index contributed by atoms with van der Waals surface area (Å²) in [6, 6.07) is 3.66. The highest BCUT2D eigenvalue weighted by molar-refractivity contribution is 6.32. The van der Waals surface area contributed by atoms with E-state index in [4.69, 9.17) is 16.3 Å². The number of methoxy groups -OCH3 is 1. The van der Waals surface area contributed by atoms with E-state index in [0.29, 0.717) is 0 Å². The van der Waals surface area contributed by atoms with Gasteiger partial charge in [-0.2, -0.15) is 0 Å². The van der Waals surface area contributed by atoms with Crippen molar-refractivity contribution < 1.29 is 19.2 Å². The second-order valence-electron chi connectivity index (χ2n) is 2.78. The summed E-state index contributed by atoms with van der Waals surface area (Å²) in [7, 11) is 1.35. The lowest BCUT2D eigenvalue weighted by Gasteiger charge is -2.03. The molecule has 0 atom stereocenters. The Morgan fingerprint density at radius 1 is 1.56 bits per heavy atom. The average molecular weight is 246 g/mol. The molecule has 0 bridgehead atoms. The maximum absolute atomic E-state index is 11.0. The van der Waals surface area contributed by atoms with Crippen molar-refractivity contribution in [3.8, 4) is 5.75 Å². The standard InChI is InChI=1S/C9H8ClNO5/c1-15-5-9(12)16-6-2-3-8(11(13)14)7(10)4-6/h2-4H,5H2,1H3. The molecule has 0 aliphatic rings. The van der Waals surface area contributed by atoms with E-state index in [2.05, 4.69) is 4.74 Å². The zero-order valence-corrected chi connectivity index (χ0v) is 9.06. The Balaban J connectivity index is 2.81. The molecular weight excluding hydrogens is 238 g/mol. The summed E-state index contributed by atoms with van der Waals surface area (Å²) in [6.45, 7) is -0.200. The minimum Gasteiger partial charge on any atom is -0.425 e. The van der Waals surface area contributed by atoms with Gasteiger partial charge in [0.05, 0.1) is 4.92 Å². The van der Waals surface area contributed by atoms with E-state index in [1.807, 2.05) is 0 Å². The van der Waals surface area contributed by atoms with Crippen LogP contribution >= 0.6 is 11.6 Å². The molecule has 0 N–H and O–H groups in total. The van der Waals surface area contributed by atoms with Crippen molar-refractivity contribution in [1.29, 1.82) is 0 Å². The maximum atomic E-state index is 11.0. The third kappa shape index (κ3) is 3.18. The summed E-state index contributed by atoms with van der Waals surface area (Å²) in [5.74, 6) is -0.468. The van der Waals surface area contributed by atoms with Crippen LogP contribution in [0.5, 0.6) is 5.75 Å². The first-order valence-electron chi connectivity index (χ1n) is 4.18. The van der Waals surface area contributed by atoms with Crippen LogP contribution in [0.4, 0.5) is 5.69 Å². The summed E-state index contributed by atoms with van der Waals surface area (Å²) < 4.78 is 9.35. The Labute approximate surface area is 95.9 Å². The number of nitro groups is 1. The van der Waals surface area contributed by atoms with Crippen LogP contribution in [0.25, 0.3) is 0 Å². The predicted octanol–water partition coefficient (Wildman–Crippen LogP) is 1.80. The van der Waals surface area contributed by atoms with Gasteiger partial charge in [0.1, 0.15) is 17.4 Å². The SMILES string of the molecule is COCC(=O)Oc1ccc([N+](=O)[O-])c(Cl)c1. The molecule has 16 heavy (non-hydrogen) atoms. The predicted molar refractivity (Wildman–Crippen MR) is 55.6 cm³/mol. The minimum atomic E-state index is -0.622. The second-order valence-corrected chi connectivity index (χ2v) is 3.18. The molecule has 0 heterocycles. The largest absolute Gasteiger partial charge is 0.425 e. The van der Waals surface area contributed by atoms with E-state index in [9.17, 15) is 14.9 Å². The number of esters is 1. The first kappa shape index (κ1) is 12.4. The molecule has 0 amide bonds. The number of benzene rings is 1. The molecule has 86 valence electrons. The van der Waals surface area contributed by atoms with Gasteiger partial charge in [-0.05, 0) is 6.07 Å². The van der Waals surface area contributed by atoms with Gasteiger partial charge < -0.3 is 9.47 Å². The Morgan fingerprint density at radius 2 is 2.25 bits per heavy atom. The van der Waals surface area contributed by atoms with Crippen LogP contribution in [-0.4, -0.2) is 24.6 Å².